The van der Waals surface area contributed by atoms with Crippen molar-refractivity contribution in [1.82, 2.24) is 0 Å². The number of hydrogen-bond donors (Lipinski definition) is 2. The van der Waals surface area contributed by atoms with Gasteiger partial charge in [0.05, 0.1) is 0 Å². The second kappa shape index (κ2) is 7.29. The fraction of sp³-hybridized carbons (Fsp3) is 0.125. The summed E-state index contributed by atoms with van der Waals surface area (Å²) in [5.74, 6) is -0.834. The van der Waals surface area contributed by atoms with Gasteiger partial charge in [0.15, 0.2) is 0 Å². The van der Waals surface area contributed by atoms with E-state index in [2.05, 4.69) is 10.6 Å². The number of anilines is 2. The molecule has 0 bridgehead atoms. The monoisotopic (exact) mass is 336 g/mol. The second-order valence-electron chi connectivity index (χ2n) is 4.80. The summed E-state index contributed by atoms with van der Waals surface area (Å²) in [7, 11) is 0. The first-order valence-corrected chi connectivity index (χ1v) is 7.30. The van der Waals surface area contributed by atoms with Gasteiger partial charge in [-0.15, -0.1) is 0 Å². The number of carbonyl (C=O) groups is 2. The van der Waals surface area contributed by atoms with E-state index >= 15 is 0 Å². The standard InChI is InChI=1S/C16H14Cl2N2O2/c1-10-3-2-4-13(5-10)19-15(21)9-16(22)20-14-7-11(17)6-12(18)8-14/h2-8H,9H2,1H3,(H,19,21)(H,20,22). The van der Waals surface area contributed by atoms with Crippen LogP contribution in [0.2, 0.25) is 10.0 Å². The highest BCUT2D eigenvalue weighted by molar-refractivity contribution is 6.35. The number of carbonyl (C=O) groups excluding carboxylic acids is 2. The molecule has 0 fully saturated rings. The minimum atomic E-state index is -0.441. The average Bonchev–Trinajstić information content (AvgIpc) is 2.36. The molecule has 0 aliphatic heterocycles. The molecule has 0 aliphatic carbocycles. The van der Waals surface area contributed by atoms with Crippen LogP contribution in [-0.4, -0.2) is 11.8 Å². The van der Waals surface area contributed by atoms with Crippen LogP contribution in [0.1, 0.15) is 12.0 Å². The Hall–Kier alpha value is -2.04. The lowest BCUT2D eigenvalue weighted by Gasteiger charge is -2.08. The zero-order valence-electron chi connectivity index (χ0n) is 11.8. The van der Waals surface area contributed by atoms with Gasteiger partial charge in [-0.2, -0.15) is 0 Å². The van der Waals surface area contributed by atoms with Gasteiger partial charge in [-0.05, 0) is 42.8 Å². The largest absolute Gasteiger partial charge is 0.326 e. The van der Waals surface area contributed by atoms with Crippen LogP contribution in [0.25, 0.3) is 0 Å². The predicted octanol–water partition coefficient (Wildman–Crippen LogP) is 4.27. The Morgan fingerprint density at radius 1 is 0.909 bits per heavy atom. The summed E-state index contributed by atoms with van der Waals surface area (Å²) in [5.41, 5.74) is 2.13. The fourth-order valence-electron chi connectivity index (χ4n) is 1.91. The maximum absolute atomic E-state index is 11.8. The normalized spacial score (nSPS) is 10.1. The number of amides is 2. The third-order valence-corrected chi connectivity index (χ3v) is 3.21. The Morgan fingerprint density at radius 3 is 2.09 bits per heavy atom. The maximum Gasteiger partial charge on any atom is 0.233 e. The van der Waals surface area contributed by atoms with Gasteiger partial charge >= 0.3 is 0 Å². The Balaban J connectivity index is 1.92. The molecule has 2 N–H and O–H groups in total. The molecule has 2 rings (SSSR count). The smallest absolute Gasteiger partial charge is 0.233 e. The van der Waals surface area contributed by atoms with Crippen LogP contribution in [0.5, 0.6) is 0 Å². The van der Waals surface area contributed by atoms with Crippen molar-refractivity contribution in [2.75, 3.05) is 10.6 Å². The second-order valence-corrected chi connectivity index (χ2v) is 5.67. The van der Waals surface area contributed by atoms with Gasteiger partial charge in [0, 0.05) is 21.4 Å². The number of halogens is 2. The molecule has 4 nitrogen and oxygen atoms in total. The van der Waals surface area contributed by atoms with E-state index in [-0.39, 0.29) is 6.42 Å². The summed E-state index contributed by atoms with van der Waals surface area (Å²) in [5, 5.41) is 6.07. The van der Waals surface area contributed by atoms with E-state index in [4.69, 9.17) is 23.2 Å². The molecule has 2 aromatic rings. The van der Waals surface area contributed by atoms with Crippen molar-refractivity contribution in [3.8, 4) is 0 Å². The lowest BCUT2D eigenvalue weighted by atomic mass is 10.2. The third kappa shape index (κ3) is 5.06. The van der Waals surface area contributed by atoms with Crippen LogP contribution in [0.4, 0.5) is 11.4 Å². The van der Waals surface area contributed by atoms with E-state index in [9.17, 15) is 9.59 Å². The van der Waals surface area contributed by atoms with E-state index in [1.54, 1.807) is 24.3 Å². The number of hydrogen-bond acceptors (Lipinski definition) is 2. The first-order chi connectivity index (χ1) is 10.4. The average molecular weight is 337 g/mol. The molecule has 2 aromatic carbocycles. The molecule has 0 spiro atoms. The highest BCUT2D eigenvalue weighted by atomic mass is 35.5. The highest BCUT2D eigenvalue weighted by Crippen LogP contribution is 2.22. The zero-order chi connectivity index (χ0) is 16.1. The van der Waals surface area contributed by atoms with E-state index in [1.165, 1.54) is 0 Å². The first-order valence-electron chi connectivity index (χ1n) is 6.55. The summed E-state index contributed by atoms with van der Waals surface area (Å²) in [6.07, 6.45) is -0.294. The van der Waals surface area contributed by atoms with Gasteiger partial charge in [-0.25, -0.2) is 0 Å². The molecule has 0 heterocycles. The zero-order valence-corrected chi connectivity index (χ0v) is 13.3. The molecule has 6 heteroatoms. The van der Waals surface area contributed by atoms with E-state index < -0.39 is 11.8 Å². The van der Waals surface area contributed by atoms with Crippen molar-refractivity contribution in [3.63, 3.8) is 0 Å². The fourth-order valence-corrected chi connectivity index (χ4v) is 2.43. The Bertz CT molecular complexity index is 697. The van der Waals surface area contributed by atoms with E-state index in [0.29, 0.717) is 21.4 Å². The summed E-state index contributed by atoms with van der Waals surface area (Å²) in [6, 6.07) is 12.0. The maximum atomic E-state index is 11.8. The van der Waals surface area contributed by atoms with Crippen molar-refractivity contribution in [3.05, 3.63) is 58.1 Å². The topological polar surface area (TPSA) is 58.2 Å². The molecule has 0 aliphatic rings. The summed E-state index contributed by atoms with van der Waals surface area (Å²) < 4.78 is 0. The molecule has 0 unspecified atom stereocenters. The van der Waals surface area contributed by atoms with Gasteiger partial charge < -0.3 is 10.6 Å². The SMILES string of the molecule is Cc1cccc(NC(=O)CC(=O)Nc2cc(Cl)cc(Cl)c2)c1. The van der Waals surface area contributed by atoms with Crippen molar-refractivity contribution in [2.45, 2.75) is 13.3 Å². The molecular weight excluding hydrogens is 323 g/mol. The Morgan fingerprint density at radius 2 is 1.50 bits per heavy atom. The molecule has 0 aromatic heterocycles. The van der Waals surface area contributed by atoms with Crippen LogP contribution >= 0.6 is 23.2 Å². The minimum Gasteiger partial charge on any atom is -0.326 e. The number of rotatable bonds is 4. The van der Waals surface area contributed by atoms with Gasteiger partial charge in [-0.1, -0.05) is 35.3 Å². The summed E-state index contributed by atoms with van der Waals surface area (Å²) in [6.45, 7) is 1.92. The van der Waals surface area contributed by atoms with Crippen LogP contribution < -0.4 is 10.6 Å². The predicted molar refractivity (Wildman–Crippen MR) is 89.5 cm³/mol. The van der Waals surface area contributed by atoms with Crippen molar-refractivity contribution in [1.29, 1.82) is 0 Å². The Kier molecular flexibility index (Phi) is 5.41. The number of nitrogens with one attached hydrogen (secondary N) is 2. The van der Waals surface area contributed by atoms with Crippen molar-refractivity contribution < 1.29 is 9.59 Å². The summed E-state index contributed by atoms with van der Waals surface area (Å²) in [4.78, 5) is 23.7. The molecule has 2 amide bonds. The molecular formula is C16H14Cl2N2O2. The van der Waals surface area contributed by atoms with Gasteiger partial charge in [0.25, 0.3) is 0 Å². The lowest BCUT2D eigenvalue weighted by molar-refractivity contribution is -0.123. The molecule has 0 radical (unpaired) electrons. The Labute approximate surface area is 138 Å². The van der Waals surface area contributed by atoms with E-state index in [1.807, 2.05) is 25.1 Å². The van der Waals surface area contributed by atoms with E-state index in [0.717, 1.165) is 5.56 Å². The van der Waals surface area contributed by atoms with Crippen molar-refractivity contribution >= 4 is 46.4 Å². The lowest BCUT2D eigenvalue weighted by Crippen LogP contribution is -2.21. The quantitative estimate of drug-likeness (QED) is 0.819. The molecule has 0 atom stereocenters. The highest BCUT2D eigenvalue weighted by Gasteiger charge is 2.11. The number of aryl methyl sites for hydroxylation is 1. The van der Waals surface area contributed by atoms with Gasteiger partial charge in [0.2, 0.25) is 11.8 Å². The molecule has 0 saturated carbocycles. The van der Waals surface area contributed by atoms with Crippen LogP contribution in [-0.2, 0) is 9.59 Å². The summed E-state index contributed by atoms with van der Waals surface area (Å²) >= 11 is 11.7. The van der Waals surface area contributed by atoms with Crippen LogP contribution in [0, 0.1) is 6.92 Å². The van der Waals surface area contributed by atoms with Gasteiger partial charge in [-0.3, -0.25) is 9.59 Å². The van der Waals surface area contributed by atoms with Crippen LogP contribution in [0.15, 0.2) is 42.5 Å². The first kappa shape index (κ1) is 16.3. The third-order valence-electron chi connectivity index (χ3n) is 2.77. The van der Waals surface area contributed by atoms with Crippen molar-refractivity contribution in [2.24, 2.45) is 0 Å². The van der Waals surface area contributed by atoms with Crippen LogP contribution in [0.3, 0.4) is 0 Å². The number of benzene rings is 2. The molecule has 114 valence electrons. The molecule has 22 heavy (non-hydrogen) atoms. The minimum absolute atomic E-state index is 0.294. The molecule has 0 saturated heterocycles. The van der Waals surface area contributed by atoms with Gasteiger partial charge in [0.1, 0.15) is 6.42 Å².